The highest BCUT2D eigenvalue weighted by molar-refractivity contribution is 8.01. The zero-order valence-electron chi connectivity index (χ0n) is 15.4. The van der Waals surface area contributed by atoms with Crippen LogP contribution in [0.4, 0.5) is 15.2 Å². The second-order valence-corrected chi connectivity index (χ2v) is 8.07. The molecule has 1 heterocycles. The van der Waals surface area contributed by atoms with Crippen LogP contribution in [0.25, 0.3) is 0 Å². The molecule has 1 aromatic heterocycles. The summed E-state index contributed by atoms with van der Waals surface area (Å²) in [7, 11) is 3.10. The van der Waals surface area contributed by atoms with Crippen molar-refractivity contribution in [1.82, 2.24) is 15.1 Å². The Kier molecular flexibility index (Phi) is 6.83. The van der Waals surface area contributed by atoms with Gasteiger partial charge in [0, 0.05) is 19.3 Å². The number of rotatable bonds is 8. The molecule has 0 aliphatic rings. The SMILES string of the molecule is COc1ccc(CN(C)C(=O)CSc2nnc(Nc3ccccc3)s2)cc1F. The molecule has 0 radical (unpaired) electrons. The molecular weight excluding hydrogens is 399 g/mol. The summed E-state index contributed by atoms with van der Waals surface area (Å²) in [4.78, 5) is 13.9. The normalized spacial score (nSPS) is 10.5. The van der Waals surface area contributed by atoms with Crippen LogP contribution in [-0.2, 0) is 11.3 Å². The molecule has 3 rings (SSSR count). The van der Waals surface area contributed by atoms with Gasteiger partial charge in [0.25, 0.3) is 0 Å². The Morgan fingerprint density at radius 3 is 2.75 bits per heavy atom. The summed E-state index contributed by atoms with van der Waals surface area (Å²) in [6.07, 6.45) is 0. The number of carbonyl (C=O) groups excluding carboxylic acids is 1. The van der Waals surface area contributed by atoms with Crippen LogP contribution in [0.1, 0.15) is 5.56 Å². The minimum absolute atomic E-state index is 0.0750. The maximum atomic E-state index is 13.8. The number of ether oxygens (including phenoxy) is 1. The van der Waals surface area contributed by atoms with Crippen molar-refractivity contribution in [3.05, 3.63) is 59.9 Å². The highest BCUT2D eigenvalue weighted by Crippen LogP contribution is 2.28. The largest absolute Gasteiger partial charge is 0.494 e. The van der Waals surface area contributed by atoms with E-state index in [0.717, 1.165) is 5.69 Å². The maximum Gasteiger partial charge on any atom is 0.233 e. The van der Waals surface area contributed by atoms with E-state index in [9.17, 15) is 9.18 Å². The fourth-order valence-corrected chi connectivity index (χ4v) is 4.08. The van der Waals surface area contributed by atoms with Crippen molar-refractivity contribution in [1.29, 1.82) is 0 Å². The van der Waals surface area contributed by atoms with Gasteiger partial charge >= 0.3 is 0 Å². The molecule has 0 atom stereocenters. The number of nitrogens with one attached hydrogen (secondary N) is 1. The Balaban J connectivity index is 1.50. The van der Waals surface area contributed by atoms with Gasteiger partial charge < -0.3 is 15.0 Å². The lowest BCUT2D eigenvalue weighted by Gasteiger charge is -2.17. The second kappa shape index (κ2) is 9.52. The third-order valence-corrected chi connectivity index (χ3v) is 5.77. The standard InChI is InChI=1S/C19H19FN4O2S2/c1-24(11-13-8-9-16(26-2)15(20)10-13)17(25)12-27-19-23-22-18(28-19)21-14-6-4-3-5-7-14/h3-10H,11-12H2,1-2H3,(H,21,22). The fourth-order valence-electron chi connectivity index (χ4n) is 2.37. The topological polar surface area (TPSA) is 67.3 Å². The van der Waals surface area contributed by atoms with Gasteiger partial charge in [-0.25, -0.2) is 4.39 Å². The molecule has 6 nitrogen and oxygen atoms in total. The van der Waals surface area contributed by atoms with E-state index < -0.39 is 5.82 Å². The van der Waals surface area contributed by atoms with E-state index in [0.29, 0.717) is 21.6 Å². The molecule has 2 aromatic carbocycles. The highest BCUT2D eigenvalue weighted by Gasteiger charge is 2.13. The van der Waals surface area contributed by atoms with Gasteiger partial charge in [0.1, 0.15) is 0 Å². The number of amides is 1. The monoisotopic (exact) mass is 418 g/mol. The Hall–Kier alpha value is -2.65. The molecule has 0 spiro atoms. The molecule has 0 unspecified atom stereocenters. The number of hydrogen-bond donors (Lipinski definition) is 1. The molecule has 1 amide bonds. The summed E-state index contributed by atoms with van der Waals surface area (Å²) >= 11 is 2.71. The van der Waals surface area contributed by atoms with Crippen molar-refractivity contribution in [2.45, 2.75) is 10.9 Å². The van der Waals surface area contributed by atoms with Crippen molar-refractivity contribution in [3.63, 3.8) is 0 Å². The first-order chi connectivity index (χ1) is 13.5. The zero-order chi connectivity index (χ0) is 19.9. The quantitative estimate of drug-likeness (QED) is 0.554. The average molecular weight is 419 g/mol. The van der Waals surface area contributed by atoms with Crippen molar-refractivity contribution in [3.8, 4) is 5.75 Å². The van der Waals surface area contributed by atoms with Gasteiger partial charge in [-0.05, 0) is 29.8 Å². The molecular formula is C19H19FN4O2S2. The smallest absolute Gasteiger partial charge is 0.233 e. The van der Waals surface area contributed by atoms with Crippen molar-refractivity contribution >= 4 is 39.8 Å². The first kappa shape index (κ1) is 20.1. The fraction of sp³-hybridized carbons (Fsp3) is 0.211. The van der Waals surface area contributed by atoms with Crippen molar-refractivity contribution in [2.24, 2.45) is 0 Å². The van der Waals surface area contributed by atoms with E-state index in [-0.39, 0.29) is 17.4 Å². The third-order valence-electron chi connectivity index (χ3n) is 3.81. The molecule has 28 heavy (non-hydrogen) atoms. The third kappa shape index (κ3) is 5.43. The van der Waals surface area contributed by atoms with E-state index in [2.05, 4.69) is 15.5 Å². The van der Waals surface area contributed by atoms with Crippen LogP contribution >= 0.6 is 23.1 Å². The number of thioether (sulfide) groups is 1. The number of methoxy groups -OCH3 is 1. The number of carbonyl (C=O) groups is 1. The van der Waals surface area contributed by atoms with Crippen LogP contribution in [0, 0.1) is 5.82 Å². The maximum absolute atomic E-state index is 13.8. The van der Waals surface area contributed by atoms with Crippen LogP contribution in [0.15, 0.2) is 52.9 Å². The number of hydrogen-bond acceptors (Lipinski definition) is 7. The number of halogens is 1. The number of para-hydroxylation sites is 1. The lowest BCUT2D eigenvalue weighted by molar-refractivity contribution is -0.127. The second-order valence-electron chi connectivity index (χ2n) is 5.87. The van der Waals surface area contributed by atoms with Gasteiger partial charge in [-0.1, -0.05) is 47.4 Å². The van der Waals surface area contributed by atoms with Crippen molar-refractivity contribution in [2.75, 3.05) is 25.2 Å². The van der Waals surface area contributed by atoms with Gasteiger partial charge in [0.2, 0.25) is 11.0 Å². The van der Waals surface area contributed by atoms with Crippen LogP contribution < -0.4 is 10.1 Å². The molecule has 9 heteroatoms. The Morgan fingerprint density at radius 1 is 1.25 bits per heavy atom. The minimum Gasteiger partial charge on any atom is -0.494 e. The van der Waals surface area contributed by atoms with E-state index in [1.54, 1.807) is 24.1 Å². The number of benzene rings is 2. The first-order valence-corrected chi connectivity index (χ1v) is 10.2. The summed E-state index contributed by atoms with van der Waals surface area (Å²) in [6, 6.07) is 14.4. The predicted molar refractivity (Wildman–Crippen MR) is 110 cm³/mol. The summed E-state index contributed by atoms with van der Waals surface area (Å²) in [6.45, 7) is 0.317. The summed E-state index contributed by atoms with van der Waals surface area (Å²) in [5.41, 5.74) is 1.63. The molecule has 1 N–H and O–H groups in total. The van der Waals surface area contributed by atoms with Crippen LogP contribution in [0.5, 0.6) is 5.75 Å². The molecule has 3 aromatic rings. The van der Waals surface area contributed by atoms with Gasteiger partial charge in [0.05, 0.1) is 12.9 Å². The molecule has 0 bridgehead atoms. The Bertz CT molecular complexity index is 937. The number of aromatic nitrogens is 2. The van der Waals surface area contributed by atoms with Crippen LogP contribution in [-0.4, -0.2) is 40.9 Å². The first-order valence-electron chi connectivity index (χ1n) is 8.40. The lowest BCUT2D eigenvalue weighted by Crippen LogP contribution is -2.27. The van der Waals surface area contributed by atoms with E-state index in [4.69, 9.17) is 4.74 Å². The van der Waals surface area contributed by atoms with E-state index in [1.165, 1.54) is 36.3 Å². The number of nitrogens with zero attached hydrogens (tertiary/aromatic N) is 3. The molecule has 0 aliphatic heterocycles. The molecule has 146 valence electrons. The van der Waals surface area contributed by atoms with Gasteiger partial charge in [-0.2, -0.15) is 0 Å². The number of anilines is 2. The minimum atomic E-state index is -0.442. The van der Waals surface area contributed by atoms with Crippen LogP contribution in [0.2, 0.25) is 0 Å². The predicted octanol–water partition coefficient (Wildman–Crippen LogP) is 4.18. The summed E-state index contributed by atoms with van der Waals surface area (Å²) in [5.74, 6) is -0.101. The lowest BCUT2D eigenvalue weighted by atomic mass is 10.2. The molecule has 0 fully saturated rings. The van der Waals surface area contributed by atoms with Gasteiger partial charge in [-0.3, -0.25) is 4.79 Å². The highest BCUT2D eigenvalue weighted by atomic mass is 32.2. The Labute approximate surface area is 170 Å². The van der Waals surface area contributed by atoms with Gasteiger partial charge in [-0.15, -0.1) is 10.2 Å². The van der Waals surface area contributed by atoms with Crippen molar-refractivity contribution < 1.29 is 13.9 Å². The zero-order valence-corrected chi connectivity index (χ0v) is 17.0. The average Bonchev–Trinajstić information content (AvgIpc) is 3.14. The summed E-state index contributed by atoms with van der Waals surface area (Å²) < 4.78 is 19.4. The molecule has 0 aliphatic carbocycles. The Morgan fingerprint density at radius 2 is 2.04 bits per heavy atom. The van der Waals surface area contributed by atoms with Gasteiger partial charge in [0.15, 0.2) is 15.9 Å². The van der Waals surface area contributed by atoms with Crippen LogP contribution in [0.3, 0.4) is 0 Å². The summed E-state index contributed by atoms with van der Waals surface area (Å²) in [5, 5.41) is 12.0. The molecule has 0 saturated heterocycles. The van der Waals surface area contributed by atoms with E-state index >= 15 is 0 Å². The van der Waals surface area contributed by atoms with E-state index in [1.807, 2.05) is 30.3 Å². The molecule has 0 saturated carbocycles.